The zero-order valence-electron chi connectivity index (χ0n) is 9.39. The maximum atomic E-state index is 11.5. The van der Waals surface area contributed by atoms with E-state index in [9.17, 15) is 8.42 Å². The Morgan fingerprint density at radius 2 is 2.00 bits per heavy atom. The molecule has 2 rings (SSSR count). The highest BCUT2D eigenvalue weighted by atomic mass is 32.2. The topological polar surface area (TPSA) is 60.2 Å². The van der Waals surface area contributed by atoms with Crippen molar-refractivity contribution >= 4 is 10.0 Å². The lowest BCUT2D eigenvalue weighted by molar-refractivity contribution is 0.561. The van der Waals surface area contributed by atoms with Crippen LogP contribution in [0.1, 0.15) is 25.3 Å². The molecule has 2 unspecified atom stereocenters. The van der Waals surface area contributed by atoms with E-state index in [0.29, 0.717) is 12.8 Å². The Morgan fingerprint density at radius 3 is 2.44 bits per heavy atom. The molecule has 0 heterocycles. The van der Waals surface area contributed by atoms with Crippen LogP contribution >= 0.6 is 0 Å². The standard InChI is InChI=1S/C12H17NO2S/c1-2-12(16(13,14)15)9-11(12)8-10-6-4-3-5-7-10/h3-7,11H,2,8-9H2,1H3,(H2,13,14,15). The summed E-state index contributed by atoms with van der Waals surface area (Å²) >= 11 is 0. The van der Waals surface area contributed by atoms with Gasteiger partial charge in [0.25, 0.3) is 0 Å². The van der Waals surface area contributed by atoms with Crippen LogP contribution in [0.25, 0.3) is 0 Å². The van der Waals surface area contributed by atoms with Gasteiger partial charge in [-0.15, -0.1) is 0 Å². The highest BCUT2D eigenvalue weighted by molar-refractivity contribution is 7.90. The molecule has 0 aliphatic heterocycles. The Kier molecular flexibility index (Phi) is 2.80. The normalized spacial score (nSPS) is 29.0. The molecule has 0 amide bonds. The van der Waals surface area contributed by atoms with E-state index in [4.69, 9.17) is 5.14 Å². The van der Waals surface area contributed by atoms with E-state index < -0.39 is 14.8 Å². The van der Waals surface area contributed by atoms with Crippen molar-refractivity contribution in [3.8, 4) is 0 Å². The lowest BCUT2D eigenvalue weighted by Crippen LogP contribution is -2.32. The second-order valence-electron chi connectivity index (χ2n) is 4.55. The van der Waals surface area contributed by atoms with E-state index >= 15 is 0 Å². The van der Waals surface area contributed by atoms with Crippen molar-refractivity contribution < 1.29 is 8.42 Å². The summed E-state index contributed by atoms with van der Waals surface area (Å²) in [4.78, 5) is 0. The monoisotopic (exact) mass is 239 g/mol. The minimum absolute atomic E-state index is 0.190. The van der Waals surface area contributed by atoms with Gasteiger partial charge in [-0.2, -0.15) is 0 Å². The minimum Gasteiger partial charge on any atom is -0.228 e. The first kappa shape index (κ1) is 11.6. The van der Waals surface area contributed by atoms with Crippen LogP contribution in [0.3, 0.4) is 0 Å². The fourth-order valence-electron chi connectivity index (χ4n) is 2.50. The summed E-state index contributed by atoms with van der Waals surface area (Å²) in [5, 5.41) is 5.30. The Balaban J connectivity index is 2.12. The third-order valence-electron chi connectivity index (χ3n) is 3.67. The first-order valence-electron chi connectivity index (χ1n) is 5.56. The summed E-state index contributed by atoms with van der Waals surface area (Å²) in [6.07, 6.45) is 2.13. The van der Waals surface area contributed by atoms with Gasteiger partial charge in [-0.25, -0.2) is 13.6 Å². The highest BCUT2D eigenvalue weighted by Gasteiger charge is 2.60. The second kappa shape index (κ2) is 3.86. The molecule has 1 aromatic carbocycles. The first-order chi connectivity index (χ1) is 7.49. The molecule has 2 N–H and O–H groups in total. The number of hydrogen-bond acceptors (Lipinski definition) is 2. The third-order valence-corrected chi connectivity index (χ3v) is 5.59. The lowest BCUT2D eigenvalue weighted by Gasteiger charge is -2.12. The fourth-order valence-corrected chi connectivity index (χ4v) is 3.88. The van der Waals surface area contributed by atoms with Crippen molar-refractivity contribution in [3.05, 3.63) is 35.9 Å². The van der Waals surface area contributed by atoms with E-state index in [2.05, 4.69) is 0 Å². The molecule has 0 aromatic heterocycles. The fraction of sp³-hybridized carbons (Fsp3) is 0.500. The van der Waals surface area contributed by atoms with Crippen LogP contribution in [0.5, 0.6) is 0 Å². The van der Waals surface area contributed by atoms with Crippen molar-refractivity contribution in [2.24, 2.45) is 11.1 Å². The predicted molar refractivity (Wildman–Crippen MR) is 64.4 cm³/mol. The predicted octanol–water partition coefficient (Wildman–Crippen LogP) is 1.69. The summed E-state index contributed by atoms with van der Waals surface area (Å²) in [5.41, 5.74) is 1.19. The molecule has 0 spiro atoms. The number of nitrogens with two attached hydrogens (primary N) is 1. The Bertz CT molecular complexity index is 469. The molecule has 16 heavy (non-hydrogen) atoms. The molecule has 1 aliphatic carbocycles. The molecule has 0 radical (unpaired) electrons. The van der Waals surface area contributed by atoms with Crippen LogP contribution in [0.4, 0.5) is 0 Å². The van der Waals surface area contributed by atoms with Crippen LogP contribution in [0, 0.1) is 5.92 Å². The van der Waals surface area contributed by atoms with E-state index in [0.717, 1.165) is 6.42 Å². The molecule has 2 atom stereocenters. The first-order valence-corrected chi connectivity index (χ1v) is 7.10. The Morgan fingerprint density at radius 1 is 1.38 bits per heavy atom. The SMILES string of the molecule is CCC1(S(N)(=O)=O)CC1Cc1ccccc1. The van der Waals surface area contributed by atoms with Crippen LogP contribution < -0.4 is 5.14 Å². The van der Waals surface area contributed by atoms with Gasteiger partial charge in [-0.05, 0) is 30.7 Å². The number of primary sulfonamides is 1. The largest absolute Gasteiger partial charge is 0.228 e. The molecule has 1 fully saturated rings. The summed E-state index contributed by atoms with van der Waals surface area (Å²) in [6.45, 7) is 1.90. The van der Waals surface area contributed by atoms with Crippen molar-refractivity contribution in [3.63, 3.8) is 0 Å². The molecule has 1 aromatic rings. The zero-order valence-corrected chi connectivity index (χ0v) is 10.2. The van der Waals surface area contributed by atoms with Crippen molar-refractivity contribution in [2.45, 2.75) is 30.9 Å². The molecule has 0 saturated heterocycles. The Labute approximate surface area is 96.7 Å². The number of hydrogen-bond donors (Lipinski definition) is 1. The van der Waals surface area contributed by atoms with Gasteiger partial charge in [0.2, 0.25) is 10.0 Å². The van der Waals surface area contributed by atoms with Gasteiger partial charge in [0.05, 0.1) is 4.75 Å². The molecular weight excluding hydrogens is 222 g/mol. The molecule has 1 aliphatic rings. The molecule has 88 valence electrons. The second-order valence-corrected chi connectivity index (χ2v) is 6.46. The van der Waals surface area contributed by atoms with Gasteiger partial charge >= 0.3 is 0 Å². The van der Waals surface area contributed by atoms with Crippen LogP contribution in [0.15, 0.2) is 30.3 Å². The third kappa shape index (κ3) is 1.87. The van der Waals surface area contributed by atoms with Gasteiger partial charge in [0.1, 0.15) is 0 Å². The van der Waals surface area contributed by atoms with Gasteiger partial charge in [0, 0.05) is 0 Å². The summed E-state index contributed by atoms with van der Waals surface area (Å²) in [7, 11) is -3.41. The maximum absolute atomic E-state index is 11.5. The molecule has 0 bridgehead atoms. The van der Waals surface area contributed by atoms with Crippen molar-refractivity contribution in [1.82, 2.24) is 0 Å². The average molecular weight is 239 g/mol. The highest BCUT2D eigenvalue weighted by Crippen LogP contribution is 2.53. The molecule has 4 heteroatoms. The van der Waals surface area contributed by atoms with Crippen molar-refractivity contribution in [2.75, 3.05) is 0 Å². The van der Waals surface area contributed by atoms with Crippen LogP contribution in [-0.4, -0.2) is 13.2 Å². The molecule has 3 nitrogen and oxygen atoms in total. The quantitative estimate of drug-likeness (QED) is 0.869. The van der Waals surface area contributed by atoms with Gasteiger partial charge in [-0.3, -0.25) is 0 Å². The summed E-state index contributed by atoms with van der Waals surface area (Å²) < 4.78 is 22.4. The zero-order chi connectivity index (χ0) is 11.8. The van der Waals surface area contributed by atoms with Crippen molar-refractivity contribution in [1.29, 1.82) is 0 Å². The van der Waals surface area contributed by atoms with Crippen LogP contribution in [-0.2, 0) is 16.4 Å². The van der Waals surface area contributed by atoms with E-state index in [1.54, 1.807) is 0 Å². The van der Waals surface area contributed by atoms with E-state index in [1.807, 2.05) is 37.3 Å². The smallest absolute Gasteiger partial charge is 0.215 e. The van der Waals surface area contributed by atoms with Crippen LogP contribution in [0.2, 0.25) is 0 Å². The van der Waals surface area contributed by atoms with Gasteiger partial charge < -0.3 is 0 Å². The number of rotatable bonds is 4. The number of sulfonamides is 1. The summed E-state index contributed by atoms with van der Waals surface area (Å²) in [5.74, 6) is 0.190. The molecule has 1 saturated carbocycles. The number of benzene rings is 1. The average Bonchev–Trinajstić information content (AvgIpc) is 2.94. The lowest BCUT2D eigenvalue weighted by atomic mass is 10.1. The van der Waals surface area contributed by atoms with E-state index in [1.165, 1.54) is 5.56 Å². The van der Waals surface area contributed by atoms with Gasteiger partial charge in [-0.1, -0.05) is 37.3 Å². The van der Waals surface area contributed by atoms with E-state index in [-0.39, 0.29) is 5.92 Å². The summed E-state index contributed by atoms with van der Waals surface area (Å²) in [6, 6.07) is 9.97. The van der Waals surface area contributed by atoms with Gasteiger partial charge in [0.15, 0.2) is 0 Å². The minimum atomic E-state index is -3.41. The maximum Gasteiger partial charge on any atom is 0.215 e. The molecular formula is C12H17NO2S. The Hall–Kier alpha value is -0.870.